The van der Waals surface area contributed by atoms with Gasteiger partial charge in [0.2, 0.25) is 5.13 Å². The highest BCUT2D eigenvalue weighted by atomic mass is 32.1. The molecule has 29 heavy (non-hydrogen) atoms. The normalized spacial score (nSPS) is 10.5. The van der Waals surface area contributed by atoms with E-state index < -0.39 is 0 Å². The van der Waals surface area contributed by atoms with Crippen LogP contribution < -0.4 is 14.8 Å². The molecule has 2 aromatic heterocycles. The summed E-state index contributed by atoms with van der Waals surface area (Å²) in [6.45, 7) is 5.63. The summed E-state index contributed by atoms with van der Waals surface area (Å²) in [5.41, 5.74) is 2.86. The number of methoxy groups -OCH3 is 1. The van der Waals surface area contributed by atoms with Gasteiger partial charge in [-0.15, -0.1) is 5.10 Å². The molecule has 0 aliphatic rings. The summed E-state index contributed by atoms with van der Waals surface area (Å²) in [6, 6.07) is 9.21. The molecule has 0 saturated carbocycles. The zero-order chi connectivity index (χ0) is 21.0. The zero-order valence-electron chi connectivity index (χ0n) is 16.4. The Bertz CT molecular complexity index is 1090. The van der Waals surface area contributed by atoms with E-state index >= 15 is 0 Å². The Labute approximate surface area is 172 Å². The average Bonchev–Trinajstić information content (AvgIpc) is 3.15. The van der Waals surface area contributed by atoms with E-state index in [1.54, 1.807) is 18.2 Å². The van der Waals surface area contributed by atoms with Crippen LogP contribution in [0.25, 0.3) is 11.1 Å². The lowest BCUT2D eigenvalue weighted by Crippen LogP contribution is -2.14. The summed E-state index contributed by atoms with van der Waals surface area (Å²) >= 11 is 1.12. The molecule has 9 heteroatoms. The zero-order valence-corrected chi connectivity index (χ0v) is 17.2. The molecule has 0 aliphatic carbocycles. The highest BCUT2D eigenvalue weighted by Gasteiger charge is 2.18. The number of amides is 1. The second-order valence-corrected chi connectivity index (χ2v) is 7.33. The SMILES string of the molecule is COc1nnc(NC(=O)c2cnc(C)cc2-c2ccc(OC(C)C)c(C#N)c2)s1. The molecule has 0 atom stereocenters. The number of ether oxygens (including phenoxy) is 2. The highest BCUT2D eigenvalue weighted by molar-refractivity contribution is 7.17. The quantitative estimate of drug-likeness (QED) is 0.659. The van der Waals surface area contributed by atoms with Crippen molar-refractivity contribution >= 4 is 22.4 Å². The van der Waals surface area contributed by atoms with Gasteiger partial charge in [-0.25, -0.2) is 0 Å². The molecular formula is C20H19N5O3S. The third kappa shape index (κ3) is 4.67. The number of hydrogen-bond donors (Lipinski definition) is 1. The Balaban J connectivity index is 1.98. The van der Waals surface area contributed by atoms with Crippen molar-refractivity contribution in [2.45, 2.75) is 26.9 Å². The van der Waals surface area contributed by atoms with Gasteiger partial charge in [0.1, 0.15) is 11.8 Å². The highest BCUT2D eigenvalue weighted by Crippen LogP contribution is 2.30. The van der Waals surface area contributed by atoms with Gasteiger partial charge >= 0.3 is 0 Å². The molecule has 3 aromatic rings. The van der Waals surface area contributed by atoms with Crippen molar-refractivity contribution < 1.29 is 14.3 Å². The Morgan fingerprint density at radius 1 is 1.28 bits per heavy atom. The largest absolute Gasteiger partial charge is 0.490 e. The van der Waals surface area contributed by atoms with Crippen LogP contribution >= 0.6 is 11.3 Å². The second-order valence-electron chi connectivity index (χ2n) is 6.39. The van der Waals surface area contributed by atoms with Gasteiger partial charge in [0.15, 0.2) is 0 Å². The molecule has 8 nitrogen and oxygen atoms in total. The van der Waals surface area contributed by atoms with Gasteiger partial charge in [-0.1, -0.05) is 11.2 Å². The van der Waals surface area contributed by atoms with Gasteiger partial charge in [-0.2, -0.15) is 5.26 Å². The van der Waals surface area contributed by atoms with Gasteiger partial charge in [0, 0.05) is 11.9 Å². The Kier molecular flexibility index (Phi) is 6.04. The number of nitriles is 1. The van der Waals surface area contributed by atoms with Gasteiger partial charge in [-0.3, -0.25) is 15.1 Å². The lowest BCUT2D eigenvalue weighted by molar-refractivity contribution is 0.102. The van der Waals surface area contributed by atoms with Gasteiger partial charge in [0.25, 0.3) is 11.1 Å². The number of aromatic nitrogens is 3. The molecular weight excluding hydrogens is 390 g/mol. The fraction of sp³-hybridized carbons (Fsp3) is 0.250. The van der Waals surface area contributed by atoms with Gasteiger partial charge < -0.3 is 9.47 Å². The van der Waals surface area contributed by atoms with Crippen LogP contribution in [0, 0.1) is 18.3 Å². The van der Waals surface area contributed by atoms with Crippen LogP contribution in [-0.2, 0) is 0 Å². The Morgan fingerprint density at radius 3 is 2.72 bits per heavy atom. The second kappa shape index (κ2) is 8.67. The van der Waals surface area contributed by atoms with Crippen molar-refractivity contribution in [1.82, 2.24) is 15.2 Å². The maximum Gasteiger partial charge on any atom is 0.295 e. The molecule has 0 bridgehead atoms. The Hall–Kier alpha value is -3.51. The number of pyridine rings is 1. The first-order valence-corrected chi connectivity index (χ1v) is 9.59. The van der Waals surface area contributed by atoms with Crippen molar-refractivity contribution in [3.05, 3.63) is 47.3 Å². The summed E-state index contributed by atoms with van der Waals surface area (Å²) in [5, 5.41) is 20.5. The molecule has 148 valence electrons. The van der Waals surface area contributed by atoms with Crippen LogP contribution in [-0.4, -0.2) is 34.3 Å². The third-order valence-electron chi connectivity index (χ3n) is 3.86. The van der Waals surface area contributed by atoms with Crippen molar-refractivity contribution in [2.24, 2.45) is 0 Å². The van der Waals surface area contributed by atoms with Crippen LogP contribution in [0.3, 0.4) is 0 Å². The number of anilines is 1. The number of benzene rings is 1. The van der Waals surface area contributed by atoms with Crippen LogP contribution in [0.4, 0.5) is 5.13 Å². The van der Waals surface area contributed by atoms with Crippen LogP contribution in [0.1, 0.15) is 35.5 Å². The molecule has 0 radical (unpaired) electrons. The molecule has 1 amide bonds. The minimum absolute atomic E-state index is 0.0543. The number of nitrogens with zero attached hydrogens (tertiary/aromatic N) is 4. The van der Waals surface area contributed by atoms with Crippen LogP contribution in [0.2, 0.25) is 0 Å². The maximum absolute atomic E-state index is 12.8. The molecule has 1 aromatic carbocycles. The molecule has 0 aliphatic heterocycles. The summed E-state index contributed by atoms with van der Waals surface area (Å²) in [4.78, 5) is 17.1. The van der Waals surface area contributed by atoms with Crippen molar-refractivity contribution in [2.75, 3.05) is 12.4 Å². The predicted molar refractivity (Wildman–Crippen MR) is 109 cm³/mol. The minimum Gasteiger partial charge on any atom is -0.490 e. The summed E-state index contributed by atoms with van der Waals surface area (Å²) < 4.78 is 10.7. The van der Waals surface area contributed by atoms with E-state index in [-0.39, 0.29) is 12.0 Å². The number of rotatable bonds is 6. The number of carbonyl (C=O) groups excluding carboxylic acids is 1. The lowest BCUT2D eigenvalue weighted by atomic mass is 9.98. The average molecular weight is 409 g/mol. The van der Waals surface area contributed by atoms with E-state index in [4.69, 9.17) is 9.47 Å². The van der Waals surface area contributed by atoms with E-state index in [9.17, 15) is 10.1 Å². The van der Waals surface area contributed by atoms with Crippen molar-refractivity contribution in [3.8, 4) is 28.1 Å². The molecule has 1 N–H and O–H groups in total. The smallest absolute Gasteiger partial charge is 0.295 e. The fourth-order valence-corrected chi connectivity index (χ4v) is 3.18. The topological polar surface area (TPSA) is 110 Å². The minimum atomic E-state index is -0.382. The number of hydrogen-bond acceptors (Lipinski definition) is 8. The van der Waals surface area contributed by atoms with Crippen molar-refractivity contribution in [3.63, 3.8) is 0 Å². The van der Waals surface area contributed by atoms with E-state index in [0.717, 1.165) is 17.0 Å². The lowest BCUT2D eigenvalue weighted by Gasteiger charge is -2.14. The number of carbonyl (C=O) groups is 1. The first kappa shape index (κ1) is 20.2. The summed E-state index contributed by atoms with van der Waals surface area (Å²) in [7, 11) is 1.48. The maximum atomic E-state index is 12.8. The van der Waals surface area contributed by atoms with E-state index in [1.165, 1.54) is 13.3 Å². The summed E-state index contributed by atoms with van der Waals surface area (Å²) in [6.07, 6.45) is 1.45. The molecule has 3 rings (SSSR count). The number of nitrogens with one attached hydrogen (secondary N) is 1. The standard InChI is InChI=1S/C20H19N5O3S/c1-11(2)28-17-6-5-13(8-14(17)9-21)15-7-12(3)22-10-16(15)18(26)23-19-24-25-20(27-4)29-19/h5-8,10-11H,1-4H3,(H,23,24,26). The van der Waals surface area contributed by atoms with Crippen LogP contribution in [0.15, 0.2) is 30.5 Å². The van der Waals surface area contributed by atoms with E-state index in [2.05, 4.69) is 26.6 Å². The fourth-order valence-electron chi connectivity index (χ4n) is 2.63. The van der Waals surface area contributed by atoms with Crippen molar-refractivity contribution in [1.29, 1.82) is 5.26 Å². The molecule has 0 spiro atoms. The van der Waals surface area contributed by atoms with E-state index in [1.807, 2.05) is 26.8 Å². The monoisotopic (exact) mass is 409 g/mol. The third-order valence-corrected chi connectivity index (χ3v) is 4.66. The summed E-state index contributed by atoms with van der Waals surface area (Å²) in [5.74, 6) is 0.122. The first-order valence-electron chi connectivity index (χ1n) is 8.78. The molecule has 0 saturated heterocycles. The number of aryl methyl sites for hydroxylation is 1. The van der Waals surface area contributed by atoms with Crippen LogP contribution in [0.5, 0.6) is 10.9 Å². The van der Waals surface area contributed by atoms with E-state index in [0.29, 0.717) is 38.3 Å². The molecule has 2 heterocycles. The predicted octanol–water partition coefficient (Wildman–Crippen LogP) is 3.83. The Morgan fingerprint density at radius 2 is 2.07 bits per heavy atom. The first-order chi connectivity index (χ1) is 13.9. The molecule has 0 unspecified atom stereocenters. The van der Waals surface area contributed by atoms with Gasteiger partial charge in [-0.05, 0) is 61.4 Å². The van der Waals surface area contributed by atoms with Gasteiger partial charge in [0.05, 0.1) is 24.3 Å². The molecule has 0 fully saturated rings.